The van der Waals surface area contributed by atoms with Crippen LogP contribution in [0.3, 0.4) is 0 Å². The third-order valence-corrected chi connectivity index (χ3v) is 4.70. The van der Waals surface area contributed by atoms with Crippen molar-refractivity contribution in [1.82, 2.24) is 5.32 Å². The number of halogens is 1. The Kier molecular flexibility index (Phi) is 5.22. The Bertz CT molecular complexity index is 397. The third-order valence-electron chi connectivity index (χ3n) is 3.21. The van der Waals surface area contributed by atoms with E-state index in [1.54, 1.807) is 0 Å². The van der Waals surface area contributed by atoms with Crippen molar-refractivity contribution in [3.63, 3.8) is 0 Å². The largest absolute Gasteiger partial charge is 0.370 e. The topological polar surface area (TPSA) is 15.3 Å². The van der Waals surface area contributed by atoms with Crippen LogP contribution in [-0.2, 0) is 6.54 Å². The van der Waals surface area contributed by atoms with E-state index in [4.69, 9.17) is 11.6 Å². The monoisotopic (exact) mass is 284 g/mol. The van der Waals surface area contributed by atoms with Gasteiger partial charge in [-0.2, -0.15) is 11.8 Å². The van der Waals surface area contributed by atoms with Gasteiger partial charge in [-0.3, -0.25) is 0 Å². The number of nitrogens with zero attached hydrogens (tertiary/aromatic N) is 1. The number of nitrogens with one attached hydrogen (secondary N) is 1. The number of hydrogen-bond donors (Lipinski definition) is 1. The minimum Gasteiger partial charge on any atom is -0.370 e. The van der Waals surface area contributed by atoms with Crippen LogP contribution in [-0.4, -0.2) is 30.6 Å². The number of thioether (sulfide) groups is 1. The third kappa shape index (κ3) is 3.56. The van der Waals surface area contributed by atoms with Crippen LogP contribution in [0.4, 0.5) is 5.69 Å². The molecule has 2 rings (SSSR count). The van der Waals surface area contributed by atoms with Crippen molar-refractivity contribution < 1.29 is 0 Å². The van der Waals surface area contributed by atoms with Crippen molar-refractivity contribution in [2.75, 3.05) is 30.3 Å². The molecule has 18 heavy (non-hydrogen) atoms. The van der Waals surface area contributed by atoms with Crippen molar-refractivity contribution in [3.8, 4) is 0 Å². The molecule has 1 N–H and O–H groups in total. The number of anilines is 1. The van der Waals surface area contributed by atoms with Crippen LogP contribution in [0.15, 0.2) is 18.2 Å². The van der Waals surface area contributed by atoms with Crippen LogP contribution in [0.25, 0.3) is 0 Å². The first kappa shape index (κ1) is 14.0. The molecule has 100 valence electrons. The lowest BCUT2D eigenvalue weighted by atomic mass is 10.2. The summed E-state index contributed by atoms with van der Waals surface area (Å²) in [5.74, 6) is 1.21. The lowest BCUT2D eigenvalue weighted by molar-refractivity contribution is 0.726. The number of benzene rings is 1. The van der Waals surface area contributed by atoms with Crippen LogP contribution >= 0.6 is 23.4 Å². The van der Waals surface area contributed by atoms with E-state index in [1.165, 1.54) is 17.0 Å². The highest BCUT2D eigenvalue weighted by Crippen LogP contribution is 2.27. The van der Waals surface area contributed by atoms with Crippen molar-refractivity contribution in [3.05, 3.63) is 28.8 Å². The number of rotatable bonds is 4. The van der Waals surface area contributed by atoms with E-state index in [2.05, 4.69) is 54.0 Å². The molecular formula is C14H21ClN2S. The molecule has 4 heteroatoms. The van der Waals surface area contributed by atoms with E-state index < -0.39 is 0 Å². The second-order valence-corrected chi connectivity index (χ2v) is 6.64. The first-order valence-corrected chi connectivity index (χ1v) is 7.99. The fourth-order valence-electron chi connectivity index (χ4n) is 2.19. The maximum Gasteiger partial charge on any atom is 0.0471 e. The summed E-state index contributed by atoms with van der Waals surface area (Å²) in [6.07, 6.45) is 0. The summed E-state index contributed by atoms with van der Waals surface area (Å²) in [5, 5.41) is 4.89. The zero-order valence-electron chi connectivity index (χ0n) is 11.1. The van der Waals surface area contributed by atoms with Gasteiger partial charge in [0, 0.05) is 41.3 Å². The molecule has 1 saturated heterocycles. The molecule has 1 aromatic rings. The van der Waals surface area contributed by atoms with E-state index in [1.807, 2.05) is 0 Å². The van der Waals surface area contributed by atoms with Crippen molar-refractivity contribution in [2.45, 2.75) is 25.6 Å². The van der Waals surface area contributed by atoms with Gasteiger partial charge >= 0.3 is 0 Å². The molecule has 0 aliphatic carbocycles. The summed E-state index contributed by atoms with van der Waals surface area (Å²) >= 11 is 8.40. The highest BCUT2D eigenvalue weighted by Gasteiger charge is 2.17. The molecule has 1 aromatic carbocycles. The highest BCUT2D eigenvalue weighted by molar-refractivity contribution is 8.00. The second kappa shape index (κ2) is 6.69. The fourth-order valence-corrected chi connectivity index (χ4v) is 3.44. The Morgan fingerprint density at radius 2 is 2.33 bits per heavy atom. The lowest BCUT2D eigenvalue weighted by Gasteiger charge is -2.32. The zero-order valence-corrected chi connectivity index (χ0v) is 12.7. The molecule has 2 nitrogen and oxygen atoms in total. The average molecular weight is 285 g/mol. The van der Waals surface area contributed by atoms with E-state index in [0.717, 1.165) is 31.2 Å². The minimum atomic E-state index is 0.707. The molecule has 1 heterocycles. The SMILES string of the molecule is CCNCc1ccc(N2CCSC(C)C2)cc1Cl. The molecule has 1 atom stereocenters. The van der Waals surface area contributed by atoms with Crippen molar-refractivity contribution in [2.24, 2.45) is 0 Å². The standard InChI is InChI=1S/C14H21ClN2S/c1-3-16-9-12-4-5-13(8-14(12)15)17-6-7-18-11(2)10-17/h4-5,8,11,16H,3,6-7,9-10H2,1-2H3. The van der Waals surface area contributed by atoms with Gasteiger partial charge in [-0.25, -0.2) is 0 Å². The van der Waals surface area contributed by atoms with Gasteiger partial charge in [-0.05, 0) is 24.2 Å². The molecule has 1 fully saturated rings. The maximum atomic E-state index is 6.35. The van der Waals surface area contributed by atoms with Crippen LogP contribution < -0.4 is 10.2 Å². The first-order chi connectivity index (χ1) is 8.70. The summed E-state index contributed by atoms with van der Waals surface area (Å²) in [5.41, 5.74) is 2.44. The summed E-state index contributed by atoms with van der Waals surface area (Å²) in [7, 11) is 0. The average Bonchev–Trinajstić information content (AvgIpc) is 2.37. The van der Waals surface area contributed by atoms with Gasteiger partial charge in [-0.15, -0.1) is 0 Å². The van der Waals surface area contributed by atoms with E-state index in [9.17, 15) is 0 Å². The Hall–Kier alpha value is -0.380. The molecule has 0 aromatic heterocycles. The minimum absolute atomic E-state index is 0.707. The molecule has 0 bridgehead atoms. The molecule has 1 aliphatic heterocycles. The smallest absolute Gasteiger partial charge is 0.0471 e. The summed E-state index contributed by atoms with van der Waals surface area (Å²) < 4.78 is 0. The zero-order chi connectivity index (χ0) is 13.0. The van der Waals surface area contributed by atoms with Gasteiger partial charge in [0.2, 0.25) is 0 Å². The number of hydrogen-bond acceptors (Lipinski definition) is 3. The van der Waals surface area contributed by atoms with Gasteiger partial charge in [0.05, 0.1) is 0 Å². The van der Waals surface area contributed by atoms with Gasteiger partial charge in [0.1, 0.15) is 0 Å². The Labute approximate surface area is 119 Å². The normalized spacial score (nSPS) is 20.2. The Morgan fingerprint density at radius 1 is 1.50 bits per heavy atom. The predicted molar refractivity (Wildman–Crippen MR) is 83.0 cm³/mol. The van der Waals surface area contributed by atoms with Crippen molar-refractivity contribution >= 4 is 29.1 Å². The second-order valence-electron chi connectivity index (χ2n) is 4.68. The van der Waals surface area contributed by atoms with Gasteiger partial charge in [0.15, 0.2) is 0 Å². The van der Waals surface area contributed by atoms with Gasteiger partial charge in [0.25, 0.3) is 0 Å². The molecule has 0 amide bonds. The highest BCUT2D eigenvalue weighted by atomic mass is 35.5. The first-order valence-electron chi connectivity index (χ1n) is 6.56. The fraction of sp³-hybridized carbons (Fsp3) is 0.571. The molecule has 0 spiro atoms. The van der Waals surface area contributed by atoms with Gasteiger partial charge < -0.3 is 10.2 Å². The summed E-state index contributed by atoms with van der Waals surface area (Å²) in [6.45, 7) is 8.46. The molecular weight excluding hydrogens is 264 g/mol. The quantitative estimate of drug-likeness (QED) is 0.912. The van der Waals surface area contributed by atoms with Crippen LogP contribution in [0.5, 0.6) is 0 Å². The van der Waals surface area contributed by atoms with E-state index >= 15 is 0 Å². The van der Waals surface area contributed by atoms with Crippen LogP contribution in [0.1, 0.15) is 19.4 Å². The Morgan fingerprint density at radius 3 is 3.00 bits per heavy atom. The van der Waals surface area contributed by atoms with E-state index in [0.29, 0.717) is 5.25 Å². The van der Waals surface area contributed by atoms with Crippen LogP contribution in [0.2, 0.25) is 5.02 Å². The lowest BCUT2D eigenvalue weighted by Crippen LogP contribution is -2.36. The summed E-state index contributed by atoms with van der Waals surface area (Å²) in [4.78, 5) is 2.43. The van der Waals surface area contributed by atoms with E-state index in [-0.39, 0.29) is 0 Å². The molecule has 0 saturated carbocycles. The predicted octanol–water partition coefficient (Wildman–Crippen LogP) is 3.39. The molecule has 1 aliphatic rings. The van der Waals surface area contributed by atoms with Crippen molar-refractivity contribution in [1.29, 1.82) is 0 Å². The van der Waals surface area contributed by atoms with Gasteiger partial charge in [-0.1, -0.05) is 31.5 Å². The maximum absolute atomic E-state index is 6.35. The molecule has 1 unspecified atom stereocenters. The molecule has 0 radical (unpaired) electrons. The van der Waals surface area contributed by atoms with Crippen LogP contribution in [0, 0.1) is 0 Å². The Balaban J connectivity index is 2.07. The summed E-state index contributed by atoms with van der Waals surface area (Å²) in [6, 6.07) is 6.45.